The zero-order valence-corrected chi connectivity index (χ0v) is 8.11. The third-order valence-corrected chi connectivity index (χ3v) is 1.78. The van der Waals surface area contributed by atoms with E-state index in [1.165, 1.54) is 0 Å². The predicted molar refractivity (Wildman–Crippen MR) is 47.2 cm³/mol. The van der Waals surface area contributed by atoms with Gasteiger partial charge in [0.25, 0.3) is 0 Å². The lowest BCUT2D eigenvalue weighted by molar-refractivity contribution is -0.230. The van der Waals surface area contributed by atoms with Crippen LogP contribution in [-0.2, 0) is 9.24 Å². The van der Waals surface area contributed by atoms with Gasteiger partial charge in [0.05, 0.1) is 0 Å². The molecule has 2 aromatic rings. The molecule has 0 aliphatic rings. The minimum atomic E-state index is -4.70. The minimum Gasteiger partial charge on any atom is -0.301 e. The Morgan fingerprint density at radius 1 is 1.33 bits per heavy atom. The van der Waals surface area contributed by atoms with E-state index in [9.17, 15) is 4.57 Å². The second-order valence-corrected chi connectivity index (χ2v) is 3.72. The highest BCUT2D eigenvalue weighted by atomic mass is 31.2. The van der Waals surface area contributed by atoms with Gasteiger partial charge in [0, 0.05) is 0 Å². The number of phosphoric acid groups is 1. The summed E-state index contributed by atoms with van der Waals surface area (Å²) in [5.74, 6) is 0. The monoisotopic (exact) mass is 231 g/mol. The maximum atomic E-state index is 10.3. The van der Waals surface area contributed by atoms with Crippen molar-refractivity contribution in [2.24, 2.45) is 0 Å². The van der Waals surface area contributed by atoms with Crippen LogP contribution >= 0.6 is 7.82 Å². The first-order chi connectivity index (χ1) is 7.06. The van der Waals surface area contributed by atoms with Crippen molar-refractivity contribution < 1.29 is 24.0 Å². The summed E-state index contributed by atoms with van der Waals surface area (Å²) < 4.78 is 14.2. The van der Waals surface area contributed by atoms with Crippen LogP contribution < -0.4 is 4.99 Å². The summed E-state index contributed by atoms with van der Waals surface area (Å²) in [6.45, 7) is 0. The molecule has 0 radical (unpaired) electrons. The highest BCUT2D eigenvalue weighted by molar-refractivity contribution is 7.46. The third kappa shape index (κ3) is 2.31. The van der Waals surface area contributed by atoms with Crippen LogP contribution in [0, 0.1) is 0 Å². The fraction of sp³-hybridized carbons (Fsp3) is 0. The summed E-state index contributed by atoms with van der Waals surface area (Å²) in [6, 6.07) is 6.71. The summed E-state index contributed by atoms with van der Waals surface area (Å²) in [5.41, 5.74) is 0.956. The van der Waals surface area contributed by atoms with Crippen LogP contribution in [0.25, 0.3) is 11.0 Å². The smallest absolute Gasteiger partial charge is 0.301 e. The van der Waals surface area contributed by atoms with Gasteiger partial charge in [0.15, 0.2) is 0 Å². The first kappa shape index (κ1) is 10.1. The van der Waals surface area contributed by atoms with Gasteiger partial charge in [-0.2, -0.15) is 0 Å². The minimum absolute atomic E-state index is 0.436. The van der Waals surface area contributed by atoms with Crippen molar-refractivity contribution in [2.75, 3.05) is 0 Å². The van der Waals surface area contributed by atoms with Crippen molar-refractivity contribution in [3.8, 4) is 0 Å². The van der Waals surface area contributed by atoms with Gasteiger partial charge in [-0.05, 0) is 26.9 Å². The van der Waals surface area contributed by atoms with Crippen LogP contribution in [0.1, 0.15) is 0 Å². The van der Waals surface area contributed by atoms with E-state index in [1.807, 2.05) is 0 Å². The Morgan fingerprint density at radius 3 is 2.80 bits per heavy atom. The molecule has 0 bridgehead atoms. The molecule has 0 spiro atoms. The van der Waals surface area contributed by atoms with E-state index in [-0.39, 0.29) is 0 Å². The number of para-hydroxylation sites is 1. The lowest BCUT2D eigenvalue weighted by Gasteiger charge is -2.03. The number of nitrogens with zero attached hydrogens (tertiary/aromatic N) is 3. The van der Waals surface area contributed by atoms with Gasteiger partial charge >= 0.3 is 7.82 Å². The van der Waals surface area contributed by atoms with Gasteiger partial charge in [0.1, 0.15) is 11.0 Å². The normalized spacial score (nSPS) is 11.9. The molecule has 0 saturated heterocycles. The van der Waals surface area contributed by atoms with E-state index in [0.717, 1.165) is 4.85 Å². The Balaban J connectivity index is 2.25. The number of benzene rings is 1. The molecule has 1 aromatic carbocycles. The largest absolute Gasteiger partial charge is 0.507 e. The Labute approximate surface area is 83.2 Å². The second kappa shape index (κ2) is 3.59. The van der Waals surface area contributed by atoms with E-state index in [0.29, 0.717) is 11.0 Å². The van der Waals surface area contributed by atoms with Gasteiger partial charge in [-0.25, -0.2) is 9.55 Å². The van der Waals surface area contributed by atoms with Crippen LogP contribution in [0.3, 0.4) is 0 Å². The quantitative estimate of drug-likeness (QED) is 0.431. The SMILES string of the molecule is O=P(O)(O)OOn1nnc2ccccc21. The molecule has 0 amide bonds. The first-order valence-corrected chi connectivity index (χ1v) is 5.32. The number of aromatic nitrogens is 3. The molecule has 15 heavy (non-hydrogen) atoms. The lowest BCUT2D eigenvalue weighted by atomic mass is 10.3. The Bertz CT molecular complexity index is 520. The lowest BCUT2D eigenvalue weighted by Crippen LogP contribution is -2.12. The molecule has 0 unspecified atom stereocenters. The van der Waals surface area contributed by atoms with Crippen molar-refractivity contribution in [3.63, 3.8) is 0 Å². The molecule has 9 heteroatoms. The van der Waals surface area contributed by atoms with Gasteiger partial charge in [-0.1, -0.05) is 12.1 Å². The Hall–Kier alpha value is -1.47. The Kier molecular flexibility index (Phi) is 2.41. The summed E-state index contributed by atoms with van der Waals surface area (Å²) in [4.78, 5) is 21.9. The molecule has 2 rings (SSSR count). The summed E-state index contributed by atoms with van der Waals surface area (Å²) in [5, 5.41) is 7.15. The summed E-state index contributed by atoms with van der Waals surface area (Å²) >= 11 is 0. The van der Waals surface area contributed by atoms with Crippen LogP contribution in [0.5, 0.6) is 0 Å². The van der Waals surface area contributed by atoms with Gasteiger partial charge < -0.3 is 9.79 Å². The summed E-state index contributed by atoms with van der Waals surface area (Å²) in [7, 11) is -4.70. The molecule has 8 nitrogen and oxygen atoms in total. The molecule has 0 saturated carbocycles. The van der Waals surface area contributed by atoms with Crippen LogP contribution in [0.2, 0.25) is 0 Å². The third-order valence-electron chi connectivity index (χ3n) is 1.52. The van der Waals surface area contributed by atoms with E-state index < -0.39 is 7.82 Å². The standard InChI is InChI=1S/C6H6N3O5P/c10-15(11,12)14-13-9-6-4-2-1-3-5(6)7-8-9/h1-4H,(H2,10,11,12). The van der Waals surface area contributed by atoms with Gasteiger partial charge in [-0.15, -0.1) is 5.10 Å². The number of hydrogen-bond donors (Lipinski definition) is 2. The van der Waals surface area contributed by atoms with Crippen molar-refractivity contribution in [3.05, 3.63) is 24.3 Å². The van der Waals surface area contributed by atoms with E-state index in [2.05, 4.69) is 20.0 Å². The number of rotatable bonds is 3. The molecular weight excluding hydrogens is 225 g/mol. The molecule has 80 valence electrons. The van der Waals surface area contributed by atoms with Crippen LogP contribution in [-0.4, -0.2) is 24.9 Å². The highest BCUT2D eigenvalue weighted by Gasteiger charge is 2.18. The maximum absolute atomic E-state index is 10.3. The van der Waals surface area contributed by atoms with E-state index >= 15 is 0 Å². The van der Waals surface area contributed by atoms with E-state index in [1.54, 1.807) is 24.3 Å². The van der Waals surface area contributed by atoms with Gasteiger partial charge in [-0.3, -0.25) is 0 Å². The maximum Gasteiger partial charge on any atom is 0.507 e. The predicted octanol–water partition coefficient (Wildman–Crippen LogP) is -0.116. The fourth-order valence-corrected chi connectivity index (χ4v) is 1.13. The fourth-order valence-electron chi connectivity index (χ4n) is 0.978. The summed E-state index contributed by atoms with van der Waals surface area (Å²) in [6.07, 6.45) is 0. The molecule has 0 aliphatic carbocycles. The first-order valence-electron chi connectivity index (χ1n) is 3.79. The van der Waals surface area contributed by atoms with Crippen LogP contribution in [0.4, 0.5) is 0 Å². The van der Waals surface area contributed by atoms with E-state index in [4.69, 9.17) is 9.79 Å². The van der Waals surface area contributed by atoms with Gasteiger partial charge in [0.2, 0.25) is 0 Å². The average molecular weight is 231 g/mol. The number of fused-ring (bicyclic) bond motifs is 1. The molecular formula is C6H6N3O5P. The van der Waals surface area contributed by atoms with Crippen molar-refractivity contribution in [2.45, 2.75) is 0 Å². The topological polar surface area (TPSA) is 107 Å². The number of hydrogen-bond acceptors (Lipinski definition) is 5. The molecule has 0 atom stereocenters. The second-order valence-electron chi connectivity index (χ2n) is 2.59. The molecule has 2 N–H and O–H groups in total. The molecule has 1 heterocycles. The Morgan fingerprint density at radius 2 is 2.07 bits per heavy atom. The zero-order chi connectivity index (χ0) is 10.9. The highest BCUT2D eigenvalue weighted by Crippen LogP contribution is 2.34. The molecule has 0 fully saturated rings. The average Bonchev–Trinajstić information content (AvgIpc) is 2.57. The molecule has 0 aliphatic heterocycles. The van der Waals surface area contributed by atoms with Crippen molar-refractivity contribution in [1.82, 2.24) is 15.2 Å². The molecule has 1 aromatic heterocycles. The van der Waals surface area contributed by atoms with Crippen molar-refractivity contribution >= 4 is 18.9 Å². The zero-order valence-electron chi connectivity index (χ0n) is 7.22. The van der Waals surface area contributed by atoms with Crippen LogP contribution in [0.15, 0.2) is 24.3 Å². The van der Waals surface area contributed by atoms with Crippen molar-refractivity contribution in [1.29, 1.82) is 0 Å².